The molecule has 176 valence electrons. The summed E-state index contributed by atoms with van der Waals surface area (Å²) in [5, 5.41) is 3.18. The molecule has 2 aliphatic rings. The predicted octanol–water partition coefficient (Wildman–Crippen LogP) is 4.04. The van der Waals surface area contributed by atoms with Crippen molar-refractivity contribution in [3.63, 3.8) is 0 Å². The SMILES string of the molecule is CN1CC[N+](NC(=O)c2ccc(Br)s2)(C(=O)Nc2ccc(C(=O)N3CCCC3)c(Cl)c2)CC1. The van der Waals surface area contributed by atoms with Gasteiger partial charge < -0.3 is 4.90 Å². The van der Waals surface area contributed by atoms with Gasteiger partial charge in [-0.3, -0.25) is 19.8 Å². The maximum absolute atomic E-state index is 13.4. The Balaban J connectivity index is 1.51. The summed E-state index contributed by atoms with van der Waals surface area (Å²) in [6.45, 7) is 3.66. The van der Waals surface area contributed by atoms with Crippen LogP contribution in [0.25, 0.3) is 0 Å². The van der Waals surface area contributed by atoms with Crippen molar-refractivity contribution in [2.45, 2.75) is 12.8 Å². The minimum Gasteiger partial charge on any atom is -0.339 e. The minimum absolute atomic E-state index is 0.0904. The van der Waals surface area contributed by atoms with Gasteiger partial charge in [-0.1, -0.05) is 11.6 Å². The number of anilines is 1. The molecule has 0 bridgehead atoms. The Morgan fingerprint density at radius 2 is 1.76 bits per heavy atom. The Bertz CT molecular complexity index is 1060. The number of thiophene rings is 1. The number of halogens is 2. The summed E-state index contributed by atoms with van der Waals surface area (Å²) >= 11 is 11.1. The second-order valence-electron chi connectivity index (χ2n) is 8.39. The average Bonchev–Trinajstić information content (AvgIpc) is 3.47. The summed E-state index contributed by atoms with van der Waals surface area (Å²) in [6, 6.07) is 8.10. The highest BCUT2D eigenvalue weighted by Crippen LogP contribution is 2.26. The largest absolute Gasteiger partial charge is 0.445 e. The first kappa shape index (κ1) is 24.2. The zero-order valence-corrected chi connectivity index (χ0v) is 21.4. The van der Waals surface area contributed by atoms with Gasteiger partial charge in [-0.05, 0) is 66.2 Å². The number of rotatable bonds is 3. The maximum Gasteiger partial charge on any atom is 0.445 e. The molecule has 2 N–H and O–H groups in total. The Kier molecular flexibility index (Phi) is 7.40. The number of hydrogen-bond donors (Lipinski definition) is 2. The second-order valence-corrected chi connectivity index (χ2v) is 11.3. The second kappa shape index (κ2) is 10.1. The molecule has 8 nitrogen and oxygen atoms in total. The van der Waals surface area contributed by atoms with E-state index in [-0.39, 0.29) is 22.4 Å². The molecule has 0 saturated carbocycles. The standard InChI is InChI=1S/C22H25BrClN5O3S/c1-27-10-12-29(13-11-27,26-20(30)18-6-7-19(23)33-18)22(32)25-15-4-5-16(17(24)14-15)21(31)28-8-2-3-9-28/h4-7,14H,2-3,8-13H2,1H3,(H-,25,26,30,31,32)/p+1. The van der Waals surface area contributed by atoms with Crippen LogP contribution in [0.15, 0.2) is 34.1 Å². The lowest BCUT2D eigenvalue weighted by Crippen LogP contribution is -2.70. The van der Waals surface area contributed by atoms with Crippen LogP contribution in [0.1, 0.15) is 32.9 Å². The number of urea groups is 1. The highest BCUT2D eigenvalue weighted by atomic mass is 79.9. The van der Waals surface area contributed by atoms with Crippen molar-refractivity contribution >= 4 is 62.4 Å². The number of amides is 4. The molecule has 0 atom stereocenters. The monoisotopic (exact) mass is 554 g/mol. The lowest BCUT2D eigenvalue weighted by molar-refractivity contribution is -0.887. The number of nitrogens with zero attached hydrogens (tertiary/aromatic N) is 3. The van der Waals surface area contributed by atoms with Crippen LogP contribution < -0.4 is 10.7 Å². The summed E-state index contributed by atoms with van der Waals surface area (Å²) in [5.41, 5.74) is 3.85. The van der Waals surface area contributed by atoms with Crippen LogP contribution in [0, 0.1) is 0 Å². The molecule has 33 heavy (non-hydrogen) atoms. The van der Waals surface area contributed by atoms with Crippen molar-refractivity contribution in [1.82, 2.24) is 15.2 Å². The van der Waals surface area contributed by atoms with Crippen LogP contribution in [0.3, 0.4) is 0 Å². The number of carbonyl (C=O) groups is 3. The van der Waals surface area contributed by atoms with E-state index in [4.69, 9.17) is 11.6 Å². The van der Waals surface area contributed by atoms with Crippen molar-refractivity contribution in [1.29, 1.82) is 0 Å². The van der Waals surface area contributed by atoms with E-state index in [1.165, 1.54) is 11.3 Å². The van der Waals surface area contributed by atoms with Crippen molar-refractivity contribution in [2.75, 3.05) is 51.6 Å². The number of hydrogen-bond acceptors (Lipinski definition) is 5. The number of carbonyl (C=O) groups excluding carboxylic acids is 3. The first-order valence-corrected chi connectivity index (χ1v) is 12.8. The van der Waals surface area contributed by atoms with E-state index in [1.54, 1.807) is 35.2 Å². The third-order valence-electron chi connectivity index (χ3n) is 6.07. The van der Waals surface area contributed by atoms with Crippen molar-refractivity contribution in [2.24, 2.45) is 0 Å². The molecule has 2 fully saturated rings. The van der Waals surface area contributed by atoms with Crippen LogP contribution in [-0.2, 0) is 0 Å². The van der Waals surface area contributed by atoms with Crippen LogP contribution in [0.5, 0.6) is 0 Å². The number of nitrogens with one attached hydrogen (secondary N) is 2. The molecule has 1 aromatic carbocycles. The molecule has 0 aliphatic carbocycles. The summed E-state index contributed by atoms with van der Waals surface area (Å²) < 4.78 is 0.630. The Morgan fingerprint density at radius 3 is 2.36 bits per heavy atom. The van der Waals surface area contributed by atoms with Gasteiger partial charge in [0.15, 0.2) is 0 Å². The van der Waals surface area contributed by atoms with E-state index < -0.39 is 0 Å². The average molecular weight is 556 g/mol. The van der Waals surface area contributed by atoms with E-state index in [2.05, 4.69) is 31.6 Å². The Morgan fingerprint density at radius 1 is 1.06 bits per heavy atom. The van der Waals surface area contributed by atoms with Gasteiger partial charge in [0.25, 0.3) is 5.91 Å². The third kappa shape index (κ3) is 5.41. The fourth-order valence-electron chi connectivity index (χ4n) is 4.05. The van der Waals surface area contributed by atoms with Crippen LogP contribution in [-0.4, -0.2) is 78.6 Å². The van der Waals surface area contributed by atoms with Gasteiger partial charge in [-0.25, -0.2) is 4.79 Å². The first-order valence-electron chi connectivity index (χ1n) is 10.8. The molecule has 2 aromatic rings. The Hall–Kier alpha value is -1.98. The topological polar surface area (TPSA) is 81.8 Å². The van der Waals surface area contributed by atoms with Crippen LogP contribution in [0.4, 0.5) is 10.5 Å². The smallest absolute Gasteiger partial charge is 0.339 e. The summed E-state index contributed by atoms with van der Waals surface area (Å²) in [5.74, 6) is -0.387. The third-order valence-corrected chi connectivity index (χ3v) is 8.01. The van der Waals surface area contributed by atoms with E-state index in [9.17, 15) is 14.4 Å². The molecular formula is C22H26BrClN5O3S+. The molecule has 0 radical (unpaired) electrons. The van der Waals surface area contributed by atoms with Gasteiger partial charge in [0.05, 0.1) is 32.3 Å². The predicted molar refractivity (Wildman–Crippen MR) is 133 cm³/mol. The van der Waals surface area contributed by atoms with Crippen LogP contribution in [0.2, 0.25) is 5.02 Å². The van der Waals surface area contributed by atoms with Crippen molar-refractivity contribution in [3.8, 4) is 0 Å². The lowest BCUT2D eigenvalue weighted by Gasteiger charge is -2.39. The molecule has 2 saturated heterocycles. The molecule has 3 heterocycles. The fourth-order valence-corrected chi connectivity index (χ4v) is 5.58. The number of quaternary nitrogens is 1. The van der Waals surface area contributed by atoms with E-state index in [0.29, 0.717) is 47.3 Å². The van der Waals surface area contributed by atoms with Gasteiger partial charge >= 0.3 is 11.9 Å². The van der Waals surface area contributed by atoms with Crippen molar-refractivity contribution < 1.29 is 19.0 Å². The molecule has 2 aliphatic heterocycles. The normalized spacial score (nSPS) is 18.2. The number of likely N-dealkylation sites (tertiary alicyclic amines) is 1. The molecule has 1 aromatic heterocycles. The maximum atomic E-state index is 13.4. The molecule has 11 heteroatoms. The number of piperazine rings is 1. The molecular weight excluding hydrogens is 530 g/mol. The fraction of sp³-hybridized carbons (Fsp3) is 0.409. The lowest BCUT2D eigenvalue weighted by atomic mass is 10.1. The van der Waals surface area contributed by atoms with Gasteiger partial charge in [-0.2, -0.15) is 5.43 Å². The summed E-state index contributed by atoms with van der Waals surface area (Å²) in [6.07, 6.45) is 2.00. The van der Waals surface area contributed by atoms with Gasteiger partial charge in [-0.15, -0.1) is 15.9 Å². The van der Waals surface area contributed by atoms with E-state index in [0.717, 1.165) is 29.7 Å². The van der Waals surface area contributed by atoms with E-state index >= 15 is 0 Å². The van der Waals surface area contributed by atoms with Gasteiger partial charge in [0.1, 0.15) is 13.1 Å². The van der Waals surface area contributed by atoms with Gasteiger partial charge in [0, 0.05) is 18.8 Å². The highest BCUT2D eigenvalue weighted by molar-refractivity contribution is 9.11. The van der Waals surface area contributed by atoms with Crippen molar-refractivity contribution in [3.05, 3.63) is 49.6 Å². The molecule has 4 rings (SSSR count). The summed E-state index contributed by atoms with van der Waals surface area (Å²) in [4.78, 5) is 43.4. The summed E-state index contributed by atoms with van der Waals surface area (Å²) in [7, 11) is 1.99. The number of benzene rings is 1. The molecule has 4 amide bonds. The molecule has 0 unspecified atom stereocenters. The van der Waals surface area contributed by atoms with Crippen LogP contribution >= 0.6 is 38.9 Å². The molecule has 0 spiro atoms. The Labute approximate surface area is 210 Å². The number of likely N-dealkylation sites (N-methyl/N-ethyl adjacent to an activating group) is 1. The van der Waals surface area contributed by atoms with Gasteiger partial charge in [0.2, 0.25) is 0 Å². The zero-order valence-electron chi connectivity index (χ0n) is 18.3. The zero-order chi connectivity index (χ0) is 23.6. The highest BCUT2D eigenvalue weighted by Gasteiger charge is 2.42. The first-order chi connectivity index (χ1) is 15.8. The van der Waals surface area contributed by atoms with E-state index in [1.807, 2.05) is 7.05 Å². The minimum atomic E-state index is -0.346. The quantitative estimate of drug-likeness (QED) is 0.560.